The van der Waals surface area contributed by atoms with E-state index in [2.05, 4.69) is 5.32 Å². The molecule has 84 valence electrons. The lowest BCUT2D eigenvalue weighted by Crippen LogP contribution is -2.23. The Morgan fingerprint density at radius 1 is 1.14 bits per heavy atom. The molecule has 3 nitrogen and oxygen atoms in total. The second-order valence-electron chi connectivity index (χ2n) is 3.31. The Balaban J connectivity index is 2.95. The third kappa shape index (κ3) is 9.52. The van der Waals surface area contributed by atoms with E-state index in [1.807, 2.05) is 13.8 Å². The van der Waals surface area contributed by atoms with E-state index < -0.39 is 0 Å². The highest BCUT2D eigenvalue weighted by molar-refractivity contribution is 5.75. The third-order valence-electron chi connectivity index (χ3n) is 2.06. The third-order valence-corrected chi connectivity index (χ3v) is 2.06. The Labute approximate surface area is 87.2 Å². The first-order chi connectivity index (χ1) is 6.81. The number of ether oxygens (including phenoxy) is 1. The molecule has 0 bridgehead atoms. The lowest BCUT2D eigenvalue weighted by molar-refractivity contribution is -0.120. The van der Waals surface area contributed by atoms with Crippen LogP contribution in [0.2, 0.25) is 0 Å². The number of nitrogens with one attached hydrogen (secondary N) is 1. The van der Waals surface area contributed by atoms with Gasteiger partial charge in [-0.1, -0.05) is 19.8 Å². The summed E-state index contributed by atoms with van der Waals surface area (Å²) in [6.45, 7) is 6.39. The van der Waals surface area contributed by atoms with Crippen LogP contribution in [0.5, 0.6) is 0 Å². The molecule has 0 aromatic carbocycles. The van der Waals surface area contributed by atoms with Crippen LogP contribution in [0.3, 0.4) is 0 Å². The molecule has 0 saturated carbocycles. The van der Waals surface area contributed by atoms with E-state index in [-0.39, 0.29) is 5.91 Å². The van der Waals surface area contributed by atoms with E-state index in [4.69, 9.17) is 4.74 Å². The summed E-state index contributed by atoms with van der Waals surface area (Å²) in [4.78, 5) is 10.9. The molecule has 0 aromatic heterocycles. The van der Waals surface area contributed by atoms with E-state index in [1.165, 1.54) is 12.8 Å². The first kappa shape index (κ1) is 13.4. The summed E-state index contributed by atoms with van der Waals surface area (Å²) in [6.07, 6.45) is 5.18. The largest absolute Gasteiger partial charge is 0.382 e. The Kier molecular flexibility index (Phi) is 10.1. The normalized spacial score (nSPS) is 10.1. The van der Waals surface area contributed by atoms with Gasteiger partial charge >= 0.3 is 0 Å². The van der Waals surface area contributed by atoms with Crippen LogP contribution in [0, 0.1) is 0 Å². The van der Waals surface area contributed by atoms with Gasteiger partial charge in [0.1, 0.15) is 0 Å². The molecule has 0 aliphatic heterocycles. The summed E-state index contributed by atoms with van der Waals surface area (Å²) in [5.74, 6) is 0.152. The number of amides is 1. The van der Waals surface area contributed by atoms with Crippen molar-refractivity contribution >= 4 is 5.91 Å². The monoisotopic (exact) mass is 201 g/mol. The molecule has 0 heterocycles. The van der Waals surface area contributed by atoms with Crippen LogP contribution >= 0.6 is 0 Å². The molecule has 1 N–H and O–H groups in total. The summed E-state index contributed by atoms with van der Waals surface area (Å²) in [5.41, 5.74) is 0. The molecule has 0 spiro atoms. The molecular weight excluding hydrogens is 178 g/mol. The van der Waals surface area contributed by atoms with Crippen molar-refractivity contribution in [2.24, 2.45) is 0 Å². The minimum atomic E-state index is 0.152. The average Bonchev–Trinajstić information content (AvgIpc) is 2.21. The fourth-order valence-electron chi connectivity index (χ4n) is 1.18. The van der Waals surface area contributed by atoms with E-state index in [9.17, 15) is 4.79 Å². The number of unbranched alkanes of at least 4 members (excludes halogenated alkanes) is 3. The quantitative estimate of drug-likeness (QED) is 0.580. The summed E-state index contributed by atoms with van der Waals surface area (Å²) >= 11 is 0. The van der Waals surface area contributed by atoms with Gasteiger partial charge in [-0.25, -0.2) is 0 Å². The maximum Gasteiger partial charge on any atom is 0.219 e. The molecule has 0 aromatic rings. The minimum Gasteiger partial charge on any atom is -0.382 e. The van der Waals surface area contributed by atoms with Gasteiger partial charge in [-0.15, -0.1) is 0 Å². The van der Waals surface area contributed by atoms with Crippen LogP contribution in [0.1, 0.15) is 46.0 Å². The summed E-state index contributed by atoms with van der Waals surface area (Å²) in [5, 5.41) is 2.86. The van der Waals surface area contributed by atoms with Crippen molar-refractivity contribution in [3.63, 3.8) is 0 Å². The topological polar surface area (TPSA) is 38.3 Å². The maximum absolute atomic E-state index is 10.9. The Hall–Kier alpha value is -0.570. The highest BCUT2D eigenvalue weighted by Gasteiger charge is 1.95. The molecule has 0 saturated heterocycles. The molecule has 0 aliphatic carbocycles. The Morgan fingerprint density at radius 3 is 2.50 bits per heavy atom. The first-order valence-corrected chi connectivity index (χ1v) is 5.65. The molecule has 0 radical (unpaired) electrons. The van der Waals surface area contributed by atoms with Crippen LogP contribution in [-0.4, -0.2) is 25.7 Å². The fourth-order valence-corrected chi connectivity index (χ4v) is 1.18. The minimum absolute atomic E-state index is 0.152. The van der Waals surface area contributed by atoms with Gasteiger partial charge in [0.15, 0.2) is 0 Å². The molecule has 0 fully saturated rings. The number of hydrogen-bond donors (Lipinski definition) is 1. The zero-order valence-electron chi connectivity index (χ0n) is 9.47. The van der Waals surface area contributed by atoms with E-state index in [0.717, 1.165) is 32.6 Å². The van der Waals surface area contributed by atoms with Crippen LogP contribution in [0.25, 0.3) is 0 Å². The van der Waals surface area contributed by atoms with E-state index in [1.54, 1.807) is 0 Å². The Bertz CT molecular complexity index is 137. The lowest BCUT2D eigenvalue weighted by Gasteiger charge is -2.03. The van der Waals surface area contributed by atoms with Crippen LogP contribution in [-0.2, 0) is 9.53 Å². The van der Waals surface area contributed by atoms with Gasteiger partial charge in [-0.2, -0.15) is 0 Å². The van der Waals surface area contributed by atoms with Crippen molar-refractivity contribution in [1.82, 2.24) is 5.32 Å². The number of carbonyl (C=O) groups is 1. The maximum atomic E-state index is 10.9. The molecule has 0 rings (SSSR count). The summed E-state index contributed by atoms with van der Waals surface area (Å²) < 4.78 is 5.23. The molecule has 0 atom stereocenters. The average molecular weight is 201 g/mol. The second-order valence-corrected chi connectivity index (χ2v) is 3.31. The van der Waals surface area contributed by atoms with Gasteiger partial charge < -0.3 is 10.1 Å². The van der Waals surface area contributed by atoms with Crippen LogP contribution in [0.15, 0.2) is 0 Å². The number of hydrogen-bond acceptors (Lipinski definition) is 2. The first-order valence-electron chi connectivity index (χ1n) is 5.65. The van der Waals surface area contributed by atoms with Crippen molar-refractivity contribution in [3.05, 3.63) is 0 Å². The van der Waals surface area contributed by atoms with Gasteiger partial charge in [0.25, 0.3) is 0 Å². The lowest BCUT2D eigenvalue weighted by atomic mass is 10.2. The molecule has 3 heteroatoms. The van der Waals surface area contributed by atoms with Crippen molar-refractivity contribution < 1.29 is 9.53 Å². The molecule has 1 amide bonds. The fraction of sp³-hybridized carbons (Fsp3) is 0.909. The molecule has 0 aliphatic rings. The second kappa shape index (κ2) is 10.5. The zero-order chi connectivity index (χ0) is 10.6. The molecular formula is C11H23NO2. The van der Waals surface area contributed by atoms with Gasteiger partial charge in [-0.05, 0) is 19.8 Å². The van der Waals surface area contributed by atoms with E-state index in [0.29, 0.717) is 6.42 Å². The molecule has 0 unspecified atom stereocenters. The standard InChI is InChI=1S/C11H23NO2/c1-3-11(13)12-9-7-5-6-8-10-14-4-2/h3-10H2,1-2H3,(H,12,13). The van der Waals surface area contributed by atoms with Gasteiger partial charge in [-0.3, -0.25) is 4.79 Å². The van der Waals surface area contributed by atoms with Crippen LogP contribution in [0.4, 0.5) is 0 Å². The van der Waals surface area contributed by atoms with Crippen molar-refractivity contribution in [3.8, 4) is 0 Å². The Morgan fingerprint density at radius 2 is 1.86 bits per heavy atom. The van der Waals surface area contributed by atoms with E-state index >= 15 is 0 Å². The summed E-state index contributed by atoms with van der Waals surface area (Å²) in [6, 6.07) is 0. The predicted octanol–water partition coefficient (Wildman–Crippen LogP) is 2.11. The predicted molar refractivity (Wildman–Crippen MR) is 58.3 cm³/mol. The van der Waals surface area contributed by atoms with Crippen molar-refractivity contribution in [2.45, 2.75) is 46.0 Å². The summed E-state index contributed by atoms with van der Waals surface area (Å²) in [7, 11) is 0. The molecule has 14 heavy (non-hydrogen) atoms. The van der Waals surface area contributed by atoms with Crippen molar-refractivity contribution in [1.29, 1.82) is 0 Å². The van der Waals surface area contributed by atoms with Gasteiger partial charge in [0.05, 0.1) is 0 Å². The number of carbonyl (C=O) groups excluding carboxylic acids is 1. The smallest absolute Gasteiger partial charge is 0.219 e. The highest BCUT2D eigenvalue weighted by atomic mass is 16.5. The van der Waals surface area contributed by atoms with Crippen molar-refractivity contribution in [2.75, 3.05) is 19.8 Å². The highest BCUT2D eigenvalue weighted by Crippen LogP contribution is 1.99. The zero-order valence-corrected chi connectivity index (χ0v) is 9.47. The van der Waals surface area contributed by atoms with Gasteiger partial charge in [0, 0.05) is 26.2 Å². The van der Waals surface area contributed by atoms with Crippen LogP contribution < -0.4 is 5.32 Å². The SMILES string of the molecule is CCOCCCCCCNC(=O)CC. The number of rotatable bonds is 9. The van der Waals surface area contributed by atoms with Gasteiger partial charge in [0.2, 0.25) is 5.91 Å².